The van der Waals surface area contributed by atoms with E-state index in [4.69, 9.17) is 5.10 Å². The van der Waals surface area contributed by atoms with Gasteiger partial charge in [0.2, 0.25) is 12.4 Å². The van der Waals surface area contributed by atoms with Gasteiger partial charge in [-0.3, -0.25) is 0 Å². The van der Waals surface area contributed by atoms with E-state index in [1.807, 2.05) is 35.3 Å². The van der Waals surface area contributed by atoms with Gasteiger partial charge in [0.25, 0.3) is 0 Å². The zero-order valence-electron chi connectivity index (χ0n) is 10.9. The highest BCUT2D eigenvalue weighted by molar-refractivity contribution is 6.24. The molecule has 0 bridgehead atoms. The Balaban J connectivity index is 1.99. The molecular formula is C18H13N2+. The first-order valence-corrected chi connectivity index (χ1v) is 6.68. The molecule has 0 saturated carbocycles. The predicted octanol–water partition coefficient (Wildman–Crippen LogP) is 3.26. The van der Waals surface area contributed by atoms with Crippen LogP contribution in [0.4, 0.5) is 0 Å². The Morgan fingerprint density at radius 3 is 1.60 bits per heavy atom. The van der Waals surface area contributed by atoms with E-state index in [-0.39, 0.29) is 0 Å². The van der Waals surface area contributed by atoms with Crippen molar-refractivity contribution in [2.75, 3.05) is 0 Å². The maximum atomic E-state index is 4.77. The zero-order chi connectivity index (χ0) is 13.4. The molecule has 0 atom stereocenters. The number of aromatic nitrogens is 1. The van der Waals surface area contributed by atoms with Crippen LogP contribution in [-0.4, -0.2) is 5.71 Å². The van der Waals surface area contributed by atoms with E-state index < -0.39 is 0 Å². The quantitative estimate of drug-likeness (QED) is 0.465. The molecule has 0 unspecified atom stereocenters. The molecule has 2 heteroatoms. The molecule has 20 heavy (non-hydrogen) atoms. The predicted molar refractivity (Wildman–Crippen MR) is 79.6 cm³/mol. The third-order valence-electron chi connectivity index (χ3n) is 3.57. The van der Waals surface area contributed by atoms with Crippen molar-refractivity contribution in [3.8, 4) is 11.1 Å². The maximum absolute atomic E-state index is 4.77. The average Bonchev–Trinajstić information content (AvgIpc) is 2.84. The van der Waals surface area contributed by atoms with Crippen LogP contribution < -0.4 is 4.68 Å². The van der Waals surface area contributed by atoms with Crippen molar-refractivity contribution in [1.82, 2.24) is 0 Å². The van der Waals surface area contributed by atoms with Gasteiger partial charge in [0.1, 0.15) is 5.71 Å². The number of fused-ring (bicyclic) bond motifs is 3. The Morgan fingerprint density at radius 2 is 1.05 bits per heavy atom. The van der Waals surface area contributed by atoms with Crippen LogP contribution >= 0.6 is 0 Å². The fraction of sp³-hybridized carbons (Fsp3) is 0. The minimum atomic E-state index is 1.03. The van der Waals surface area contributed by atoms with Gasteiger partial charge in [-0.05, 0) is 11.1 Å². The number of hydrogen-bond donors (Lipinski definition) is 0. The van der Waals surface area contributed by atoms with Crippen LogP contribution in [-0.2, 0) is 0 Å². The Bertz CT molecular complexity index is 757. The van der Waals surface area contributed by atoms with Gasteiger partial charge in [0.05, 0.1) is 0 Å². The summed E-state index contributed by atoms with van der Waals surface area (Å²) in [5.41, 5.74) is 5.96. The number of rotatable bonds is 1. The molecule has 0 amide bonds. The lowest BCUT2D eigenvalue weighted by atomic mass is 10.1. The highest BCUT2D eigenvalue weighted by Crippen LogP contribution is 2.36. The second kappa shape index (κ2) is 4.42. The van der Waals surface area contributed by atoms with Crippen molar-refractivity contribution >= 4 is 5.71 Å². The van der Waals surface area contributed by atoms with Crippen LogP contribution in [0.15, 0.2) is 84.2 Å². The van der Waals surface area contributed by atoms with Gasteiger partial charge in [0, 0.05) is 28.4 Å². The molecule has 94 valence electrons. The maximum Gasteiger partial charge on any atom is 0.202 e. The molecule has 1 aliphatic carbocycles. The van der Waals surface area contributed by atoms with Gasteiger partial charge in [0.15, 0.2) is 0 Å². The van der Waals surface area contributed by atoms with Gasteiger partial charge in [-0.15, -0.1) is 0 Å². The summed E-state index contributed by atoms with van der Waals surface area (Å²) < 4.78 is 1.86. The van der Waals surface area contributed by atoms with Gasteiger partial charge in [-0.25, -0.2) is 0 Å². The molecule has 0 fully saturated rings. The molecule has 1 aromatic heterocycles. The van der Waals surface area contributed by atoms with Crippen LogP contribution in [0, 0.1) is 0 Å². The van der Waals surface area contributed by atoms with Crippen molar-refractivity contribution in [3.05, 3.63) is 90.3 Å². The molecule has 0 saturated heterocycles. The number of nitrogens with zero attached hydrogens (tertiary/aromatic N) is 2. The molecular weight excluding hydrogens is 244 g/mol. The number of pyridine rings is 1. The molecule has 2 aromatic carbocycles. The molecule has 0 aliphatic heterocycles. The minimum Gasteiger partial charge on any atom is -0.0616 e. The Hall–Kier alpha value is -2.74. The highest BCUT2D eigenvalue weighted by atomic mass is 15.3. The van der Waals surface area contributed by atoms with Crippen molar-refractivity contribution < 1.29 is 4.68 Å². The van der Waals surface area contributed by atoms with Crippen molar-refractivity contribution in [2.24, 2.45) is 5.10 Å². The molecule has 0 N–H and O–H groups in total. The lowest BCUT2D eigenvalue weighted by Gasteiger charge is -1.96. The summed E-state index contributed by atoms with van der Waals surface area (Å²) in [4.78, 5) is 0. The summed E-state index contributed by atoms with van der Waals surface area (Å²) >= 11 is 0. The van der Waals surface area contributed by atoms with Gasteiger partial charge < -0.3 is 0 Å². The van der Waals surface area contributed by atoms with Crippen molar-refractivity contribution in [2.45, 2.75) is 0 Å². The van der Waals surface area contributed by atoms with E-state index in [0.29, 0.717) is 0 Å². The highest BCUT2D eigenvalue weighted by Gasteiger charge is 2.25. The van der Waals surface area contributed by atoms with Crippen LogP contribution in [0.5, 0.6) is 0 Å². The summed E-state index contributed by atoms with van der Waals surface area (Å²) in [7, 11) is 0. The second-order valence-electron chi connectivity index (χ2n) is 4.80. The first-order chi connectivity index (χ1) is 9.93. The fourth-order valence-corrected chi connectivity index (χ4v) is 2.67. The fourth-order valence-electron chi connectivity index (χ4n) is 2.67. The Kier molecular flexibility index (Phi) is 2.46. The van der Waals surface area contributed by atoms with Gasteiger partial charge >= 0.3 is 0 Å². The molecule has 0 radical (unpaired) electrons. The number of benzene rings is 2. The van der Waals surface area contributed by atoms with Crippen LogP contribution in [0.3, 0.4) is 0 Å². The normalized spacial score (nSPS) is 11.9. The van der Waals surface area contributed by atoms with E-state index in [1.54, 1.807) is 0 Å². The van der Waals surface area contributed by atoms with Crippen LogP contribution in [0.2, 0.25) is 0 Å². The number of hydrogen-bond acceptors (Lipinski definition) is 1. The topological polar surface area (TPSA) is 16.2 Å². The largest absolute Gasteiger partial charge is 0.202 e. The smallest absolute Gasteiger partial charge is 0.0616 e. The Morgan fingerprint density at radius 1 is 0.550 bits per heavy atom. The van der Waals surface area contributed by atoms with Crippen molar-refractivity contribution in [1.29, 1.82) is 0 Å². The van der Waals surface area contributed by atoms with Gasteiger partial charge in [-0.2, -0.15) is 0 Å². The van der Waals surface area contributed by atoms with Gasteiger partial charge in [-0.1, -0.05) is 59.3 Å². The summed E-state index contributed by atoms with van der Waals surface area (Å²) in [6.07, 6.45) is 3.91. The van der Waals surface area contributed by atoms with E-state index in [2.05, 4.69) is 48.5 Å². The monoisotopic (exact) mass is 257 g/mol. The summed E-state index contributed by atoms with van der Waals surface area (Å²) in [6.45, 7) is 0. The van der Waals surface area contributed by atoms with E-state index >= 15 is 0 Å². The third kappa shape index (κ3) is 1.66. The minimum absolute atomic E-state index is 1.03. The first kappa shape index (κ1) is 11.1. The first-order valence-electron chi connectivity index (χ1n) is 6.68. The summed E-state index contributed by atoms with van der Waals surface area (Å²) in [5.74, 6) is 0. The molecule has 3 aromatic rings. The van der Waals surface area contributed by atoms with Crippen LogP contribution in [0.25, 0.3) is 11.1 Å². The van der Waals surface area contributed by atoms with Crippen molar-refractivity contribution in [3.63, 3.8) is 0 Å². The van der Waals surface area contributed by atoms with E-state index in [1.165, 1.54) is 22.3 Å². The molecule has 0 spiro atoms. The molecule has 1 aliphatic rings. The summed E-state index contributed by atoms with van der Waals surface area (Å²) in [5, 5.41) is 4.77. The third-order valence-corrected chi connectivity index (χ3v) is 3.57. The molecule has 1 heterocycles. The lowest BCUT2D eigenvalue weighted by Crippen LogP contribution is -2.28. The standard InChI is InChI=1S/C18H13N2/c1-6-12-20(13-7-1)19-18-16-10-4-2-8-14(16)15-9-3-5-11-17(15)18/h1-13H/q+1. The lowest BCUT2D eigenvalue weighted by molar-refractivity contribution is -0.678. The second-order valence-corrected chi connectivity index (χ2v) is 4.80. The average molecular weight is 257 g/mol. The SMILES string of the molecule is c1cc[n+](N=C2c3ccccc3-c3ccccc32)cc1. The molecule has 4 rings (SSSR count). The van der Waals surface area contributed by atoms with E-state index in [0.717, 1.165) is 5.71 Å². The van der Waals surface area contributed by atoms with E-state index in [9.17, 15) is 0 Å². The van der Waals surface area contributed by atoms with Crippen LogP contribution in [0.1, 0.15) is 11.1 Å². The Labute approximate surface area is 117 Å². The zero-order valence-corrected chi connectivity index (χ0v) is 10.9. The summed E-state index contributed by atoms with van der Waals surface area (Å²) in [6, 6.07) is 22.8. The molecule has 2 nitrogen and oxygen atoms in total.